The van der Waals surface area contributed by atoms with Crippen LogP contribution in [0.3, 0.4) is 0 Å². The fraction of sp³-hybridized carbons (Fsp3) is 0.909. The smallest absolute Gasteiger partial charge is 0.124 e. The third-order valence-electron chi connectivity index (χ3n) is 3.48. The second kappa shape index (κ2) is 4.23. The number of likely N-dealkylation sites (tertiary alicyclic amines) is 1. The molecule has 0 spiro atoms. The van der Waals surface area contributed by atoms with Gasteiger partial charge in [-0.25, -0.2) is 0 Å². The Labute approximate surface area is 80.3 Å². The number of hydrogen-bond donors (Lipinski definition) is 0. The highest BCUT2D eigenvalue weighted by molar-refractivity contribution is 5.53. The summed E-state index contributed by atoms with van der Waals surface area (Å²) in [4.78, 5) is 13.1. The van der Waals surface area contributed by atoms with Gasteiger partial charge in [0.15, 0.2) is 0 Å². The summed E-state index contributed by atoms with van der Waals surface area (Å²) in [7, 11) is 0. The molecular formula is C11H19NO. The lowest BCUT2D eigenvalue weighted by Gasteiger charge is -2.36. The van der Waals surface area contributed by atoms with Gasteiger partial charge in [0.05, 0.1) is 0 Å². The number of nitrogens with zero attached hydrogens (tertiary/aromatic N) is 1. The molecule has 2 fully saturated rings. The van der Waals surface area contributed by atoms with Gasteiger partial charge in [0.25, 0.3) is 0 Å². The normalized spacial score (nSPS) is 31.2. The van der Waals surface area contributed by atoms with Gasteiger partial charge in [-0.15, -0.1) is 0 Å². The molecule has 1 saturated carbocycles. The van der Waals surface area contributed by atoms with E-state index in [1.54, 1.807) is 0 Å². The quantitative estimate of drug-likeness (QED) is 0.618. The Hall–Kier alpha value is -0.370. The van der Waals surface area contributed by atoms with Crippen LogP contribution < -0.4 is 0 Å². The number of rotatable bonds is 3. The van der Waals surface area contributed by atoms with E-state index in [4.69, 9.17) is 0 Å². The minimum absolute atomic E-state index is 0.328. The van der Waals surface area contributed by atoms with Gasteiger partial charge in [0.2, 0.25) is 0 Å². The molecule has 0 aromatic rings. The molecule has 1 aliphatic carbocycles. The van der Waals surface area contributed by atoms with Crippen molar-refractivity contribution in [2.75, 3.05) is 19.6 Å². The number of carbonyl (C=O) groups is 1. The first-order valence-electron chi connectivity index (χ1n) is 5.56. The standard InChI is InChI=1S/C11H19NO/c13-9-11-5-2-6-12(8-11)7-10-3-1-4-10/h9-11H,1-8H2. The van der Waals surface area contributed by atoms with Gasteiger partial charge in [-0.2, -0.15) is 0 Å². The van der Waals surface area contributed by atoms with Crippen molar-refractivity contribution < 1.29 is 4.79 Å². The molecule has 2 rings (SSSR count). The van der Waals surface area contributed by atoms with E-state index >= 15 is 0 Å². The van der Waals surface area contributed by atoms with E-state index in [2.05, 4.69) is 4.90 Å². The lowest BCUT2D eigenvalue weighted by atomic mass is 9.84. The van der Waals surface area contributed by atoms with Crippen molar-refractivity contribution >= 4 is 6.29 Å². The Morgan fingerprint density at radius 1 is 1.23 bits per heavy atom. The molecule has 1 aliphatic heterocycles. The highest BCUT2D eigenvalue weighted by Crippen LogP contribution is 2.28. The Balaban J connectivity index is 1.74. The molecule has 0 aromatic carbocycles. The summed E-state index contributed by atoms with van der Waals surface area (Å²) in [6, 6.07) is 0. The molecule has 0 radical (unpaired) electrons. The van der Waals surface area contributed by atoms with Gasteiger partial charge in [-0.3, -0.25) is 0 Å². The summed E-state index contributed by atoms with van der Waals surface area (Å²) in [5.41, 5.74) is 0. The van der Waals surface area contributed by atoms with Crippen molar-refractivity contribution in [2.45, 2.75) is 32.1 Å². The van der Waals surface area contributed by atoms with Crippen LogP contribution in [0.5, 0.6) is 0 Å². The zero-order valence-electron chi connectivity index (χ0n) is 8.24. The molecule has 13 heavy (non-hydrogen) atoms. The van der Waals surface area contributed by atoms with E-state index in [0.29, 0.717) is 5.92 Å². The summed E-state index contributed by atoms with van der Waals surface area (Å²) in [6.07, 6.45) is 7.74. The first kappa shape index (κ1) is 9.20. The van der Waals surface area contributed by atoms with Crippen LogP contribution >= 0.6 is 0 Å². The predicted molar refractivity (Wildman–Crippen MR) is 52.6 cm³/mol. The van der Waals surface area contributed by atoms with Crippen molar-refractivity contribution in [1.29, 1.82) is 0 Å². The molecular weight excluding hydrogens is 162 g/mol. The van der Waals surface area contributed by atoms with Crippen LogP contribution in [-0.2, 0) is 4.79 Å². The molecule has 0 bridgehead atoms. The number of carbonyl (C=O) groups excluding carboxylic acids is 1. The second-order valence-electron chi connectivity index (χ2n) is 4.59. The van der Waals surface area contributed by atoms with Crippen LogP contribution in [0.4, 0.5) is 0 Å². The van der Waals surface area contributed by atoms with Gasteiger partial charge in [-0.1, -0.05) is 6.42 Å². The largest absolute Gasteiger partial charge is 0.303 e. The monoisotopic (exact) mass is 181 g/mol. The molecule has 2 heteroatoms. The van der Waals surface area contributed by atoms with E-state index < -0.39 is 0 Å². The van der Waals surface area contributed by atoms with Crippen LogP contribution in [0.2, 0.25) is 0 Å². The summed E-state index contributed by atoms with van der Waals surface area (Å²) < 4.78 is 0. The Morgan fingerprint density at radius 3 is 2.69 bits per heavy atom. The average Bonchev–Trinajstić information content (AvgIpc) is 2.12. The van der Waals surface area contributed by atoms with Crippen molar-refractivity contribution in [1.82, 2.24) is 4.90 Å². The van der Waals surface area contributed by atoms with Gasteiger partial charge < -0.3 is 9.69 Å². The molecule has 0 aromatic heterocycles. The minimum Gasteiger partial charge on any atom is -0.303 e. The predicted octanol–water partition coefficient (Wildman–Crippen LogP) is 1.70. The Bertz CT molecular complexity index is 177. The first-order valence-corrected chi connectivity index (χ1v) is 5.56. The number of piperidine rings is 1. The molecule has 1 saturated heterocycles. The summed E-state index contributed by atoms with van der Waals surface area (Å²) >= 11 is 0. The molecule has 2 nitrogen and oxygen atoms in total. The maximum Gasteiger partial charge on any atom is 0.124 e. The summed E-state index contributed by atoms with van der Waals surface area (Å²) in [6.45, 7) is 3.51. The van der Waals surface area contributed by atoms with E-state index in [9.17, 15) is 4.79 Å². The van der Waals surface area contributed by atoms with Gasteiger partial charge >= 0.3 is 0 Å². The molecule has 1 unspecified atom stereocenters. The van der Waals surface area contributed by atoms with Gasteiger partial charge in [0, 0.05) is 19.0 Å². The zero-order chi connectivity index (χ0) is 9.10. The molecule has 2 aliphatic rings. The van der Waals surface area contributed by atoms with Crippen LogP contribution in [0.25, 0.3) is 0 Å². The molecule has 0 N–H and O–H groups in total. The lowest BCUT2D eigenvalue weighted by molar-refractivity contribution is -0.112. The fourth-order valence-electron chi connectivity index (χ4n) is 2.41. The summed E-state index contributed by atoms with van der Waals surface area (Å²) in [5.74, 6) is 1.28. The van der Waals surface area contributed by atoms with Crippen LogP contribution in [0.15, 0.2) is 0 Å². The van der Waals surface area contributed by atoms with E-state index in [-0.39, 0.29) is 0 Å². The van der Waals surface area contributed by atoms with Crippen LogP contribution in [-0.4, -0.2) is 30.8 Å². The average molecular weight is 181 g/mol. The van der Waals surface area contributed by atoms with E-state index in [1.165, 1.54) is 38.8 Å². The van der Waals surface area contributed by atoms with Gasteiger partial charge in [-0.05, 0) is 38.1 Å². The van der Waals surface area contributed by atoms with Crippen molar-refractivity contribution in [3.8, 4) is 0 Å². The first-order chi connectivity index (χ1) is 6.38. The highest BCUT2D eigenvalue weighted by Gasteiger charge is 2.24. The fourth-order valence-corrected chi connectivity index (χ4v) is 2.41. The minimum atomic E-state index is 0.328. The van der Waals surface area contributed by atoms with E-state index in [1.807, 2.05) is 0 Å². The third kappa shape index (κ3) is 2.31. The molecule has 1 heterocycles. The van der Waals surface area contributed by atoms with Crippen LogP contribution in [0.1, 0.15) is 32.1 Å². The Kier molecular flexibility index (Phi) is 2.99. The summed E-state index contributed by atoms with van der Waals surface area (Å²) in [5, 5.41) is 0. The maximum atomic E-state index is 10.6. The highest BCUT2D eigenvalue weighted by atomic mass is 16.1. The molecule has 0 amide bonds. The lowest BCUT2D eigenvalue weighted by Crippen LogP contribution is -2.40. The van der Waals surface area contributed by atoms with Crippen molar-refractivity contribution in [3.05, 3.63) is 0 Å². The van der Waals surface area contributed by atoms with Crippen molar-refractivity contribution in [2.24, 2.45) is 11.8 Å². The number of hydrogen-bond acceptors (Lipinski definition) is 2. The topological polar surface area (TPSA) is 20.3 Å². The Morgan fingerprint density at radius 2 is 2.08 bits per heavy atom. The van der Waals surface area contributed by atoms with Crippen LogP contribution in [0, 0.1) is 11.8 Å². The van der Waals surface area contributed by atoms with E-state index in [0.717, 1.165) is 25.2 Å². The number of aldehydes is 1. The second-order valence-corrected chi connectivity index (χ2v) is 4.59. The third-order valence-corrected chi connectivity index (χ3v) is 3.48. The maximum absolute atomic E-state index is 10.6. The van der Waals surface area contributed by atoms with Crippen molar-refractivity contribution in [3.63, 3.8) is 0 Å². The van der Waals surface area contributed by atoms with Gasteiger partial charge in [0.1, 0.15) is 6.29 Å². The molecule has 74 valence electrons. The SMILES string of the molecule is O=CC1CCCN(CC2CCC2)C1. The molecule has 1 atom stereocenters. The zero-order valence-corrected chi connectivity index (χ0v) is 8.24.